The van der Waals surface area contributed by atoms with Gasteiger partial charge in [0.15, 0.2) is 5.96 Å². The topological polar surface area (TPSA) is 80.0 Å². The zero-order chi connectivity index (χ0) is 18.6. The van der Waals surface area contributed by atoms with E-state index in [2.05, 4.69) is 10.3 Å². The van der Waals surface area contributed by atoms with E-state index in [1.54, 1.807) is 0 Å². The molecule has 1 amide bonds. The Balaban J connectivity index is 0.00000225. The van der Waals surface area contributed by atoms with Gasteiger partial charge in [-0.05, 0) is 37.1 Å². The molecule has 6 nitrogen and oxygen atoms in total. The zero-order valence-electron chi connectivity index (χ0n) is 15.6. The molecule has 3 N–H and O–H groups in total. The molecule has 2 aromatic rings. The van der Waals surface area contributed by atoms with Crippen LogP contribution in [0, 0.1) is 5.92 Å². The molecule has 0 spiro atoms. The maximum atomic E-state index is 12.0. The Labute approximate surface area is 182 Å². The molecule has 1 atom stereocenters. The summed E-state index contributed by atoms with van der Waals surface area (Å²) in [6.07, 6.45) is 2.87. The van der Waals surface area contributed by atoms with Crippen molar-refractivity contribution in [3.8, 4) is 11.5 Å². The number of hydrogen-bond acceptors (Lipinski definition) is 3. The van der Waals surface area contributed by atoms with Crippen molar-refractivity contribution in [1.82, 2.24) is 4.90 Å². The van der Waals surface area contributed by atoms with Gasteiger partial charge in [-0.15, -0.1) is 24.0 Å². The number of aliphatic imine (C=N–C) groups is 1. The predicted molar refractivity (Wildman–Crippen MR) is 121 cm³/mol. The van der Waals surface area contributed by atoms with Gasteiger partial charge >= 0.3 is 0 Å². The molecule has 7 heteroatoms. The summed E-state index contributed by atoms with van der Waals surface area (Å²) in [5, 5.41) is 3.10. The molecule has 0 aromatic heterocycles. The van der Waals surface area contributed by atoms with Crippen LogP contribution >= 0.6 is 24.0 Å². The van der Waals surface area contributed by atoms with Gasteiger partial charge in [0.25, 0.3) is 0 Å². The number of ether oxygens (including phenoxy) is 1. The second-order valence-electron chi connectivity index (χ2n) is 7.14. The number of nitrogens with two attached hydrogens (primary N) is 1. The van der Waals surface area contributed by atoms with E-state index in [0.29, 0.717) is 25.0 Å². The lowest BCUT2D eigenvalue weighted by atomic mass is 10.1. The Morgan fingerprint density at radius 2 is 1.89 bits per heavy atom. The average molecular weight is 492 g/mol. The normalized spacial score (nSPS) is 19.3. The molecule has 2 fully saturated rings. The van der Waals surface area contributed by atoms with Gasteiger partial charge in [-0.3, -0.25) is 9.79 Å². The van der Waals surface area contributed by atoms with E-state index in [4.69, 9.17) is 10.5 Å². The molecule has 0 radical (unpaired) electrons. The summed E-state index contributed by atoms with van der Waals surface area (Å²) in [6, 6.07) is 17.7. The molecule has 1 saturated carbocycles. The minimum Gasteiger partial charge on any atom is -0.457 e. The number of carbonyl (C=O) groups excluding carboxylic acids is 1. The van der Waals surface area contributed by atoms with Gasteiger partial charge in [0.1, 0.15) is 11.5 Å². The predicted octanol–water partition coefficient (Wildman–Crippen LogP) is 3.83. The van der Waals surface area contributed by atoms with E-state index in [9.17, 15) is 4.79 Å². The fourth-order valence-electron chi connectivity index (χ4n) is 3.35. The number of likely N-dealkylation sites (tertiary alicyclic amines) is 1. The summed E-state index contributed by atoms with van der Waals surface area (Å²) < 4.78 is 5.83. The number of benzene rings is 2. The first-order valence-electron chi connectivity index (χ1n) is 9.37. The van der Waals surface area contributed by atoms with Crippen LogP contribution in [-0.2, 0) is 4.79 Å². The number of anilines is 1. The number of rotatable bonds is 6. The molecule has 28 heavy (non-hydrogen) atoms. The Kier molecular flexibility index (Phi) is 6.77. The SMILES string of the molecule is I.NC(=NCC1CC(=O)N(C2CC2)C1)Nc1cccc(Oc2ccccc2)c1. The van der Waals surface area contributed by atoms with Gasteiger partial charge in [0.2, 0.25) is 5.91 Å². The van der Waals surface area contributed by atoms with Crippen LogP contribution in [0.5, 0.6) is 11.5 Å². The minimum absolute atomic E-state index is 0. The molecule has 2 aromatic carbocycles. The quantitative estimate of drug-likeness (QED) is 0.365. The van der Waals surface area contributed by atoms with Crippen LogP contribution in [0.4, 0.5) is 5.69 Å². The lowest BCUT2D eigenvalue weighted by Gasteiger charge is -2.14. The number of amides is 1. The monoisotopic (exact) mass is 492 g/mol. The summed E-state index contributed by atoms with van der Waals surface area (Å²) in [7, 11) is 0. The van der Waals surface area contributed by atoms with Crippen LogP contribution in [0.2, 0.25) is 0 Å². The summed E-state index contributed by atoms with van der Waals surface area (Å²) in [6.45, 7) is 1.37. The highest BCUT2D eigenvalue weighted by Crippen LogP contribution is 2.32. The molecule has 148 valence electrons. The van der Waals surface area contributed by atoms with Gasteiger partial charge in [0.05, 0.1) is 0 Å². The highest BCUT2D eigenvalue weighted by molar-refractivity contribution is 14.0. The summed E-state index contributed by atoms with van der Waals surface area (Å²) in [5.41, 5.74) is 6.84. The molecule has 1 heterocycles. The molecule has 0 bridgehead atoms. The second-order valence-corrected chi connectivity index (χ2v) is 7.14. The Bertz CT molecular complexity index is 839. The fourth-order valence-corrected chi connectivity index (χ4v) is 3.35. The smallest absolute Gasteiger partial charge is 0.223 e. The average Bonchev–Trinajstić information content (AvgIpc) is 3.44. The van der Waals surface area contributed by atoms with Gasteiger partial charge in [-0.25, -0.2) is 0 Å². The Morgan fingerprint density at radius 1 is 1.14 bits per heavy atom. The summed E-state index contributed by atoms with van der Waals surface area (Å²) >= 11 is 0. The van der Waals surface area contributed by atoms with Gasteiger partial charge in [0, 0.05) is 43.2 Å². The van der Waals surface area contributed by atoms with Crippen LogP contribution in [0.15, 0.2) is 59.6 Å². The van der Waals surface area contributed by atoms with Gasteiger partial charge in [-0.1, -0.05) is 24.3 Å². The van der Waals surface area contributed by atoms with E-state index in [1.807, 2.05) is 59.5 Å². The molecule has 1 unspecified atom stereocenters. The van der Waals surface area contributed by atoms with E-state index in [1.165, 1.54) is 0 Å². The number of halogens is 1. The standard InChI is InChI=1S/C21H24N4O2.HI/c22-21(23-13-15-11-20(26)25(14-15)17-9-10-17)24-16-5-4-8-19(12-16)27-18-6-2-1-3-7-18;/h1-8,12,15,17H,9-11,13-14H2,(H3,22,23,24);1H. The van der Waals surface area contributed by atoms with E-state index < -0.39 is 0 Å². The lowest BCUT2D eigenvalue weighted by Crippen LogP contribution is -2.28. The highest BCUT2D eigenvalue weighted by atomic mass is 127. The molecule has 2 aliphatic rings. The first kappa shape index (κ1) is 20.4. The lowest BCUT2D eigenvalue weighted by molar-refractivity contribution is -0.128. The van der Waals surface area contributed by atoms with Crippen molar-refractivity contribution in [2.24, 2.45) is 16.6 Å². The Hall–Kier alpha value is -2.29. The zero-order valence-corrected chi connectivity index (χ0v) is 17.9. The summed E-state index contributed by atoms with van der Waals surface area (Å²) in [4.78, 5) is 18.4. The van der Waals surface area contributed by atoms with Crippen molar-refractivity contribution < 1.29 is 9.53 Å². The molecular formula is C21H25IN4O2. The number of nitrogens with one attached hydrogen (secondary N) is 1. The van der Waals surface area contributed by atoms with E-state index in [0.717, 1.165) is 36.6 Å². The highest BCUT2D eigenvalue weighted by Gasteiger charge is 2.39. The number of guanidine groups is 1. The van der Waals surface area contributed by atoms with Gasteiger partial charge < -0.3 is 20.7 Å². The third-order valence-electron chi connectivity index (χ3n) is 4.83. The molecule has 1 aliphatic heterocycles. The molecule has 1 saturated heterocycles. The number of hydrogen-bond donors (Lipinski definition) is 2. The second kappa shape index (κ2) is 9.27. The first-order chi connectivity index (χ1) is 13.2. The van der Waals surface area contributed by atoms with Crippen LogP contribution in [0.3, 0.4) is 0 Å². The van der Waals surface area contributed by atoms with Crippen molar-refractivity contribution in [3.63, 3.8) is 0 Å². The maximum Gasteiger partial charge on any atom is 0.223 e. The van der Waals surface area contributed by atoms with Crippen molar-refractivity contribution in [2.75, 3.05) is 18.4 Å². The Morgan fingerprint density at radius 3 is 2.64 bits per heavy atom. The van der Waals surface area contributed by atoms with Crippen LogP contribution in [-0.4, -0.2) is 35.9 Å². The number of para-hydroxylation sites is 1. The van der Waals surface area contributed by atoms with E-state index in [-0.39, 0.29) is 35.8 Å². The van der Waals surface area contributed by atoms with Crippen LogP contribution < -0.4 is 15.8 Å². The number of carbonyl (C=O) groups is 1. The fraction of sp³-hybridized carbons (Fsp3) is 0.333. The maximum absolute atomic E-state index is 12.0. The third kappa shape index (κ3) is 5.37. The van der Waals surface area contributed by atoms with Gasteiger partial charge in [-0.2, -0.15) is 0 Å². The molecule has 1 aliphatic carbocycles. The number of nitrogens with zero attached hydrogens (tertiary/aromatic N) is 2. The minimum atomic E-state index is 0. The largest absolute Gasteiger partial charge is 0.457 e. The van der Waals surface area contributed by atoms with Crippen LogP contribution in [0.1, 0.15) is 19.3 Å². The van der Waals surface area contributed by atoms with Crippen molar-refractivity contribution >= 4 is 41.5 Å². The molecular weight excluding hydrogens is 467 g/mol. The molecule has 4 rings (SSSR count). The van der Waals surface area contributed by atoms with Crippen molar-refractivity contribution in [1.29, 1.82) is 0 Å². The first-order valence-corrected chi connectivity index (χ1v) is 9.37. The van der Waals surface area contributed by atoms with Crippen LogP contribution in [0.25, 0.3) is 0 Å². The third-order valence-corrected chi connectivity index (χ3v) is 4.83. The summed E-state index contributed by atoms with van der Waals surface area (Å²) in [5.74, 6) is 2.37. The van der Waals surface area contributed by atoms with Crippen molar-refractivity contribution in [3.05, 3.63) is 54.6 Å². The van der Waals surface area contributed by atoms with Crippen molar-refractivity contribution in [2.45, 2.75) is 25.3 Å². The van der Waals surface area contributed by atoms with E-state index >= 15 is 0 Å².